The van der Waals surface area contributed by atoms with E-state index in [4.69, 9.17) is 21.1 Å². The molecular weight excluding hydrogens is 387 g/mol. The van der Waals surface area contributed by atoms with Crippen LogP contribution in [0.1, 0.15) is 11.3 Å². The monoisotopic (exact) mass is 397 g/mol. The molecule has 0 bridgehead atoms. The van der Waals surface area contributed by atoms with Crippen LogP contribution in [0.3, 0.4) is 0 Å². The molecule has 0 aliphatic carbocycles. The third-order valence-electron chi connectivity index (χ3n) is 3.29. The molecule has 1 N–H and O–H groups in total. The number of ether oxygens (including phenoxy) is 2. The van der Waals surface area contributed by atoms with Crippen LogP contribution in [-0.4, -0.2) is 15.0 Å². The van der Waals surface area contributed by atoms with Crippen molar-refractivity contribution in [1.82, 2.24) is 15.0 Å². The Bertz CT molecular complexity index is 991. The van der Waals surface area contributed by atoms with E-state index in [1.807, 2.05) is 0 Å². The molecule has 0 atom stereocenters. The van der Waals surface area contributed by atoms with Crippen molar-refractivity contribution in [3.8, 4) is 17.4 Å². The number of aromatic amines is 1. The molecule has 2 heterocycles. The first kappa shape index (κ1) is 18.7. The Labute approximate surface area is 155 Å². The van der Waals surface area contributed by atoms with Crippen LogP contribution in [0.5, 0.6) is 17.4 Å². The van der Waals surface area contributed by atoms with Gasteiger partial charge in [-0.2, -0.15) is 18.2 Å². The van der Waals surface area contributed by atoms with E-state index in [1.165, 1.54) is 30.6 Å². The predicted molar refractivity (Wildman–Crippen MR) is 90.0 cm³/mol. The number of aromatic nitrogens is 3. The zero-order valence-corrected chi connectivity index (χ0v) is 14.2. The van der Waals surface area contributed by atoms with E-state index in [9.17, 15) is 18.0 Å². The minimum atomic E-state index is -4.58. The van der Waals surface area contributed by atoms with Gasteiger partial charge < -0.3 is 14.5 Å². The highest BCUT2D eigenvalue weighted by Crippen LogP contribution is 2.37. The van der Waals surface area contributed by atoms with Crippen LogP contribution in [0, 0.1) is 0 Å². The van der Waals surface area contributed by atoms with Crippen molar-refractivity contribution in [2.75, 3.05) is 0 Å². The lowest BCUT2D eigenvalue weighted by atomic mass is 10.2. The molecule has 2 aromatic heterocycles. The fourth-order valence-corrected chi connectivity index (χ4v) is 2.28. The number of benzene rings is 1. The molecule has 1 aromatic carbocycles. The van der Waals surface area contributed by atoms with E-state index in [0.717, 1.165) is 12.1 Å². The molecule has 0 unspecified atom stereocenters. The molecule has 0 aliphatic heterocycles. The third-order valence-corrected chi connectivity index (χ3v) is 3.62. The van der Waals surface area contributed by atoms with Gasteiger partial charge in [-0.05, 0) is 30.3 Å². The molecule has 0 saturated carbocycles. The first-order chi connectivity index (χ1) is 12.8. The van der Waals surface area contributed by atoms with Gasteiger partial charge in [-0.25, -0.2) is 4.79 Å². The molecule has 0 radical (unpaired) electrons. The Morgan fingerprint density at radius 3 is 2.56 bits per heavy atom. The largest absolute Gasteiger partial charge is 0.471 e. The molecule has 3 rings (SSSR count). The molecule has 0 fully saturated rings. The number of nitrogens with one attached hydrogen (secondary N) is 1. The normalized spacial score (nSPS) is 11.3. The minimum absolute atomic E-state index is 0.0229. The van der Waals surface area contributed by atoms with Crippen LogP contribution in [-0.2, 0) is 12.8 Å². The number of rotatable bonds is 5. The highest BCUT2D eigenvalue weighted by molar-refractivity contribution is 6.31. The van der Waals surface area contributed by atoms with E-state index >= 15 is 0 Å². The summed E-state index contributed by atoms with van der Waals surface area (Å²) in [6, 6.07) is 7.84. The van der Waals surface area contributed by atoms with E-state index < -0.39 is 22.5 Å². The van der Waals surface area contributed by atoms with Crippen molar-refractivity contribution < 1.29 is 22.6 Å². The highest BCUT2D eigenvalue weighted by atomic mass is 35.5. The highest BCUT2D eigenvalue weighted by Gasteiger charge is 2.33. The summed E-state index contributed by atoms with van der Waals surface area (Å²) in [5, 5.41) is -0.408. The second-order valence-corrected chi connectivity index (χ2v) is 5.66. The Balaban J connectivity index is 1.66. The lowest BCUT2D eigenvalue weighted by molar-refractivity contribution is -0.137. The minimum Gasteiger partial charge on any atom is -0.471 e. The lowest BCUT2D eigenvalue weighted by Crippen LogP contribution is -2.10. The molecule has 6 nitrogen and oxygen atoms in total. The van der Waals surface area contributed by atoms with Gasteiger partial charge in [0.25, 0.3) is 0 Å². The van der Waals surface area contributed by atoms with Gasteiger partial charge in [0.15, 0.2) is 0 Å². The zero-order valence-electron chi connectivity index (χ0n) is 13.5. The Hall–Kier alpha value is -3.07. The molecule has 0 aliphatic rings. The van der Waals surface area contributed by atoms with Crippen molar-refractivity contribution in [2.24, 2.45) is 0 Å². The summed E-state index contributed by atoms with van der Waals surface area (Å²) in [6.45, 7) is 0.0515. The third kappa shape index (κ3) is 4.98. The average molecular weight is 398 g/mol. The summed E-state index contributed by atoms with van der Waals surface area (Å²) in [5.74, 6) is 0.357. The van der Waals surface area contributed by atoms with Gasteiger partial charge in [-0.15, -0.1) is 0 Å². The van der Waals surface area contributed by atoms with Gasteiger partial charge in [0, 0.05) is 12.3 Å². The molecule has 3 aromatic rings. The fraction of sp³-hybridized carbons (Fsp3) is 0.118. The summed E-state index contributed by atoms with van der Waals surface area (Å²) in [7, 11) is 0. The SMILES string of the molecule is O=c1nc(OCc2ccc(Oc3ccc(Cl)c(C(F)(F)F)c3)cn2)cc[nH]1. The van der Waals surface area contributed by atoms with Crippen LogP contribution < -0.4 is 15.2 Å². The maximum Gasteiger partial charge on any atom is 0.417 e. The number of H-pyrrole nitrogens is 1. The molecule has 0 spiro atoms. The number of hydrogen-bond acceptors (Lipinski definition) is 5. The quantitative estimate of drug-likeness (QED) is 0.698. The molecular formula is C17H11ClF3N3O3. The Morgan fingerprint density at radius 2 is 1.89 bits per heavy atom. The Morgan fingerprint density at radius 1 is 1.11 bits per heavy atom. The fourth-order valence-electron chi connectivity index (χ4n) is 2.06. The summed E-state index contributed by atoms with van der Waals surface area (Å²) in [6.07, 6.45) is -1.84. The second kappa shape index (κ2) is 7.67. The molecule has 0 amide bonds. The molecule has 27 heavy (non-hydrogen) atoms. The van der Waals surface area contributed by atoms with Gasteiger partial charge in [0.2, 0.25) is 5.88 Å². The predicted octanol–water partition coefficient (Wildman–Crippen LogP) is 4.21. The number of hydrogen-bond donors (Lipinski definition) is 1. The van der Waals surface area contributed by atoms with E-state index in [1.54, 1.807) is 6.07 Å². The van der Waals surface area contributed by atoms with Crippen LogP contribution in [0.2, 0.25) is 5.02 Å². The number of pyridine rings is 1. The van der Waals surface area contributed by atoms with Crippen LogP contribution in [0.25, 0.3) is 0 Å². The van der Waals surface area contributed by atoms with Gasteiger partial charge in [0.05, 0.1) is 22.5 Å². The number of halogens is 4. The Kier molecular flexibility index (Phi) is 5.31. The maximum atomic E-state index is 12.9. The maximum absolute atomic E-state index is 12.9. The number of nitrogens with zero attached hydrogens (tertiary/aromatic N) is 2. The van der Waals surface area contributed by atoms with Crippen LogP contribution in [0.4, 0.5) is 13.2 Å². The van der Waals surface area contributed by atoms with Crippen LogP contribution >= 0.6 is 11.6 Å². The van der Waals surface area contributed by atoms with Crippen molar-refractivity contribution in [3.05, 3.63) is 75.6 Å². The molecule has 0 saturated heterocycles. The van der Waals surface area contributed by atoms with Crippen LogP contribution in [0.15, 0.2) is 53.6 Å². The smallest absolute Gasteiger partial charge is 0.417 e. The summed E-state index contributed by atoms with van der Waals surface area (Å²) >= 11 is 5.57. The van der Waals surface area contributed by atoms with E-state index in [2.05, 4.69) is 15.0 Å². The van der Waals surface area contributed by atoms with E-state index in [0.29, 0.717) is 5.69 Å². The van der Waals surface area contributed by atoms with Gasteiger partial charge in [-0.1, -0.05) is 11.6 Å². The first-order valence-electron chi connectivity index (χ1n) is 7.49. The van der Waals surface area contributed by atoms with Crippen molar-refractivity contribution >= 4 is 11.6 Å². The topological polar surface area (TPSA) is 77.1 Å². The number of alkyl halides is 3. The molecule has 140 valence electrons. The molecule has 10 heteroatoms. The lowest BCUT2D eigenvalue weighted by Gasteiger charge is -2.12. The van der Waals surface area contributed by atoms with Crippen molar-refractivity contribution in [1.29, 1.82) is 0 Å². The average Bonchev–Trinajstić information content (AvgIpc) is 2.62. The van der Waals surface area contributed by atoms with Crippen molar-refractivity contribution in [3.63, 3.8) is 0 Å². The summed E-state index contributed by atoms with van der Waals surface area (Å²) in [4.78, 5) is 21.1. The standard InChI is InChI=1S/C17H11ClF3N3O3/c18-14-4-3-11(7-13(14)17(19,20)21)27-12-2-1-10(23-8-12)9-26-15-5-6-22-16(25)24-15/h1-8H,9H2,(H,22,24,25). The van der Waals surface area contributed by atoms with Gasteiger partial charge in [0.1, 0.15) is 18.1 Å². The first-order valence-corrected chi connectivity index (χ1v) is 7.87. The van der Waals surface area contributed by atoms with E-state index in [-0.39, 0.29) is 24.0 Å². The summed E-state index contributed by atoms with van der Waals surface area (Å²) in [5.41, 5.74) is -1.01. The second-order valence-electron chi connectivity index (χ2n) is 5.25. The van der Waals surface area contributed by atoms with Gasteiger partial charge in [-0.3, -0.25) is 4.98 Å². The van der Waals surface area contributed by atoms with Crippen molar-refractivity contribution in [2.45, 2.75) is 12.8 Å². The zero-order chi connectivity index (χ0) is 19.4. The van der Waals surface area contributed by atoms with Gasteiger partial charge >= 0.3 is 11.9 Å². The summed E-state index contributed by atoms with van der Waals surface area (Å²) < 4.78 is 49.3.